The summed E-state index contributed by atoms with van der Waals surface area (Å²) in [7, 11) is 0. The van der Waals surface area contributed by atoms with Crippen molar-refractivity contribution in [3.63, 3.8) is 0 Å². The SMILES string of the molecule is O=C(NCc1cnc2ccccn12)C1CCC(=O)N(CCc2cccc(F)c2)C1. The van der Waals surface area contributed by atoms with Gasteiger partial charge in [0.15, 0.2) is 0 Å². The minimum Gasteiger partial charge on any atom is -0.350 e. The molecule has 3 heterocycles. The van der Waals surface area contributed by atoms with Crippen molar-refractivity contribution >= 4 is 17.5 Å². The summed E-state index contributed by atoms with van der Waals surface area (Å²) in [5.74, 6) is -0.525. The van der Waals surface area contributed by atoms with Crippen molar-refractivity contribution in [1.82, 2.24) is 19.6 Å². The number of carbonyl (C=O) groups excluding carboxylic acids is 2. The molecule has 1 unspecified atom stereocenters. The van der Waals surface area contributed by atoms with E-state index in [1.165, 1.54) is 12.1 Å². The predicted octanol–water partition coefficient (Wildman–Crippen LogP) is 2.57. The van der Waals surface area contributed by atoms with Gasteiger partial charge in [0.05, 0.1) is 24.4 Å². The van der Waals surface area contributed by atoms with Gasteiger partial charge in [-0.1, -0.05) is 18.2 Å². The molecule has 7 heteroatoms. The van der Waals surface area contributed by atoms with Crippen LogP contribution in [0.3, 0.4) is 0 Å². The van der Waals surface area contributed by atoms with E-state index in [9.17, 15) is 14.0 Å². The number of benzene rings is 1. The van der Waals surface area contributed by atoms with Crippen LogP contribution in [0.2, 0.25) is 0 Å². The molecular weight excluding hydrogens is 371 g/mol. The highest BCUT2D eigenvalue weighted by atomic mass is 19.1. The summed E-state index contributed by atoms with van der Waals surface area (Å²) in [4.78, 5) is 31.0. The number of nitrogens with one attached hydrogen (secondary N) is 1. The first-order valence-corrected chi connectivity index (χ1v) is 9.81. The first kappa shape index (κ1) is 19.1. The molecule has 0 spiro atoms. The lowest BCUT2D eigenvalue weighted by Gasteiger charge is -2.32. The summed E-state index contributed by atoms with van der Waals surface area (Å²) in [5, 5.41) is 2.98. The molecule has 0 saturated carbocycles. The highest BCUT2D eigenvalue weighted by Crippen LogP contribution is 2.19. The molecule has 2 amide bonds. The molecule has 0 aliphatic carbocycles. The van der Waals surface area contributed by atoms with Gasteiger partial charge >= 0.3 is 0 Å². The summed E-state index contributed by atoms with van der Waals surface area (Å²) in [6.07, 6.45) is 5.15. The van der Waals surface area contributed by atoms with E-state index in [1.54, 1.807) is 17.2 Å². The fourth-order valence-corrected chi connectivity index (χ4v) is 3.74. The number of rotatable bonds is 6. The van der Waals surface area contributed by atoms with Gasteiger partial charge in [0, 0.05) is 25.7 Å². The molecule has 1 atom stereocenters. The van der Waals surface area contributed by atoms with Crippen molar-refractivity contribution in [2.24, 2.45) is 5.92 Å². The number of carbonyl (C=O) groups is 2. The Kier molecular flexibility index (Phi) is 5.55. The average Bonchev–Trinajstić information content (AvgIpc) is 3.14. The predicted molar refractivity (Wildman–Crippen MR) is 106 cm³/mol. The quantitative estimate of drug-likeness (QED) is 0.699. The zero-order valence-electron chi connectivity index (χ0n) is 16.1. The number of halogens is 1. The van der Waals surface area contributed by atoms with E-state index in [1.807, 2.05) is 34.9 Å². The second-order valence-corrected chi connectivity index (χ2v) is 7.35. The van der Waals surface area contributed by atoms with Crippen molar-refractivity contribution in [2.45, 2.75) is 25.8 Å². The van der Waals surface area contributed by atoms with Crippen LogP contribution >= 0.6 is 0 Å². The Hall–Kier alpha value is -3.22. The third-order valence-corrected chi connectivity index (χ3v) is 5.37. The lowest BCUT2D eigenvalue weighted by molar-refractivity contribution is -0.138. The van der Waals surface area contributed by atoms with Crippen LogP contribution in [0.5, 0.6) is 0 Å². The van der Waals surface area contributed by atoms with Crippen LogP contribution < -0.4 is 5.32 Å². The standard InChI is InChI=1S/C22H23FN4O2/c23-18-5-3-4-16(12-18)9-11-26-15-17(7-8-21(26)28)22(29)25-14-19-13-24-20-6-1-2-10-27(19)20/h1-6,10,12-13,17H,7-9,11,14-15H2,(H,25,29). The second-order valence-electron chi connectivity index (χ2n) is 7.35. The van der Waals surface area contributed by atoms with Gasteiger partial charge in [-0.3, -0.25) is 9.59 Å². The fourth-order valence-electron chi connectivity index (χ4n) is 3.74. The Morgan fingerprint density at radius 2 is 2.14 bits per heavy atom. The van der Waals surface area contributed by atoms with Gasteiger partial charge in [-0.25, -0.2) is 9.37 Å². The number of likely N-dealkylation sites (tertiary alicyclic amines) is 1. The molecule has 1 aromatic carbocycles. The van der Waals surface area contributed by atoms with Crippen molar-refractivity contribution in [1.29, 1.82) is 0 Å². The molecule has 0 bridgehead atoms. The molecule has 1 fully saturated rings. The first-order chi connectivity index (χ1) is 14.1. The maximum Gasteiger partial charge on any atom is 0.225 e. The Labute approximate surface area is 168 Å². The molecule has 2 aromatic heterocycles. The van der Waals surface area contributed by atoms with Gasteiger partial charge in [0.2, 0.25) is 11.8 Å². The third-order valence-electron chi connectivity index (χ3n) is 5.37. The van der Waals surface area contributed by atoms with Crippen LogP contribution in [-0.4, -0.2) is 39.2 Å². The summed E-state index contributed by atoms with van der Waals surface area (Å²) in [6.45, 7) is 1.27. The van der Waals surface area contributed by atoms with Crippen LogP contribution in [-0.2, 0) is 22.6 Å². The number of fused-ring (bicyclic) bond motifs is 1. The summed E-state index contributed by atoms with van der Waals surface area (Å²) in [5.41, 5.74) is 2.59. The van der Waals surface area contributed by atoms with Crippen molar-refractivity contribution in [3.05, 3.63) is 71.9 Å². The number of aromatic nitrogens is 2. The summed E-state index contributed by atoms with van der Waals surface area (Å²) < 4.78 is 15.3. The maximum atomic E-state index is 13.3. The molecule has 29 heavy (non-hydrogen) atoms. The average molecular weight is 394 g/mol. The van der Waals surface area contributed by atoms with E-state index in [4.69, 9.17) is 0 Å². The number of hydrogen-bond donors (Lipinski definition) is 1. The molecule has 3 aromatic rings. The smallest absolute Gasteiger partial charge is 0.225 e. The van der Waals surface area contributed by atoms with E-state index in [0.29, 0.717) is 38.9 Å². The Morgan fingerprint density at radius 3 is 3.00 bits per heavy atom. The van der Waals surface area contributed by atoms with E-state index in [-0.39, 0.29) is 23.5 Å². The summed E-state index contributed by atoms with van der Waals surface area (Å²) in [6, 6.07) is 12.1. The van der Waals surface area contributed by atoms with Crippen LogP contribution in [0.4, 0.5) is 4.39 Å². The van der Waals surface area contributed by atoms with E-state index < -0.39 is 0 Å². The second kappa shape index (κ2) is 8.43. The molecule has 1 N–H and O–H groups in total. The van der Waals surface area contributed by atoms with Crippen LogP contribution in [0, 0.1) is 11.7 Å². The molecule has 1 aliphatic heterocycles. The number of nitrogens with zero attached hydrogens (tertiary/aromatic N) is 3. The number of piperidine rings is 1. The molecule has 6 nitrogen and oxygen atoms in total. The highest BCUT2D eigenvalue weighted by molar-refractivity contribution is 5.83. The minimum atomic E-state index is -0.280. The van der Waals surface area contributed by atoms with Gasteiger partial charge in [-0.15, -0.1) is 0 Å². The lowest BCUT2D eigenvalue weighted by Crippen LogP contribution is -2.46. The molecular formula is C22H23FN4O2. The van der Waals surface area contributed by atoms with Crippen LogP contribution in [0.25, 0.3) is 5.65 Å². The lowest BCUT2D eigenvalue weighted by atomic mass is 9.96. The molecule has 1 aliphatic rings. The van der Waals surface area contributed by atoms with Gasteiger partial charge in [-0.05, 0) is 42.7 Å². The van der Waals surface area contributed by atoms with Crippen molar-refractivity contribution in [3.8, 4) is 0 Å². The maximum absolute atomic E-state index is 13.3. The Morgan fingerprint density at radius 1 is 1.24 bits per heavy atom. The van der Waals surface area contributed by atoms with Crippen molar-refractivity contribution in [2.75, 3.05) is 13.1 Å². The molecule has 1 saturated heterocycles. The van der Waals surface area contributed by atoms with Crippen LogP contribution in [0.1, 0.15) is 24.1 Å². The highest BCUT2D eigenvalue weighted by Gasteiger charge is 2.30. The topological polar surface area (TPSA) is 66.7 Å². The van der Waals surface area contributed by atoms with Gasteiger partial charge in [0.1, 0.15) is 11.5 Å². The van der Waals surface area contributed by atoms with E-state index >= 15 is 0 Å². The molecule has 4 rings (SSSR count). The molecule has 150 valence electrons. The zero-order valence-corrected chi connectivity index (χ0v) is 16.1. The fraction of sp³-hybridized carbons (Fsp3) is 0.318. The first-order valence-electron chi connectivity index (χ1n) is 9.81. The minimum absolute atomic E-state index is 0.0484. The number of imidazole rings is 1. The number of hydrogen-bond acceptors (Lipinski definition) is 3. The third kappa shape index (κ3) is 4.45. The molecule has 0 radical (unpaired) electrons. The van der Waals surface area contributed by atoms with E-state index in [0.717, 1.165) is 16.9 Å². The number of pyridine rings is 1. The number of amides is 2. The largest absolute Gasteiger partial charge is 0.350 e. The van der Waals surface area contributed by atoms with Gasteiger partial charge in [-0.2, -0.15) is 0 Å². The summed E-state index contributed by atoms with van der Waals surface area (Å²) >= 11 is 0. The Balaban J connectivity index is 1.33. The van der Waals surface area contributed by atoms with E-state index in [2.05, 4.69) is 10.3 Å². The monoisotopic (exact) mass is 394 g/mol. The normalized spacial score (nSPS) is 16.9. The zero-order chi connectivity index (χ0) is 20.2. The van der Waals surface area contributed by atoms with Crippen molar-refractivity contribution < 1.29 is 14.0 Å². The van der Waals surface area contributed by atoms with Gasteiger partial charge < -0.3 is 14.6 Å². The van der Waals surface area contributed by atoms with Gasteiger partial charge in [0.25, 0.3) is 0 Å². The Bertz CT molecular complexity index is 1030. The van der Waals surface area contributed by atoms with Crippen LogP contribution in [0.15, 0.2) is 54.9 Å².